The Kier molecular flexibility index (Phi) is 7.60. The lowest BCUT2D eigenvalue weighted by Crippen LogP contribution is -2.15. The zero-order valence-electron chi connectivity index (χ0n) is 19.9. The van der Waals surface area contributed by atoms with Crippen LogP contribution in [-0.2, 0) is 4.79 Å². The summed E-state index contributed by atoms with van der Waals surface area (Å²) in [4.78, 5) is 13.0. The van der Waals surface area contributed by atoms with Crippen molar-refractivity contribution in [2.75, 3.05) is 11.1 Å². The number of hydrogen-bond acceptors (Lipinski definition) is 4. The number of carbonyl (C=O) groups excluding carboxylic acids is 1. The fourth-order valence-electron chi connectivity index (χ4n) is 3.88. The summed E-state index contributed by atoms with van der Waals surface area (Å²) in [6.45, 7) is 1.95. The molecule has 1 N–H and O–H groups in total. The average molecular weight is 545 g/mol. The number of aryl methyl sites for hydroxylation is 1. The molecule has 37 heavy (non-hydrogen) atoms. The fraction of sp³-hybridized carbons (Fsp3) is 0.0690. The molecule has 1 amide bonds. The number of aromatic nitrogens is 3. The van der Waals surface area contributed by atoms with Crippen LogP contribution in [0.4, 0.5) is 5.69 Å². The third-order valence-electron chi connectivity index (χ3n) is 5.77. The fourth-order valence-corrected chi connectivity index (χ4v) is 4.93. The van der Waals surface area contributed by atoms with Crippen LogP contribution in [0, 0.1) is 6.92 Å². The van der Waals surface area contributed by atoms with Crippen LogP contribution in [0.25, 0.3) is 28.2 Å². The van der Waals surface area contributed by atoms with E-state index >= 15 is 0 Å². The summed E-state index contributed by atoms with van der Waals surface area (Å²) in [5, 5.41) is 13.7. The Balaban J connectivity index is 1.41. The van der Waals surface area contributed by atoms with E-state index in [4.69, 9.17) is 23.2 Å². The molecule has 8 heteroatoms. The highest BCUT2D eigenvalue weighted by Gasteiger charge is 2.18. The minimum Gasteiger partial charge on any atom is -0.325 e. The molecule has 4 aromatic carbocycles. The van der Waals surface area contributed by atoms with Crippen molar-refractivity contribution in [3.05, 3.63) is 113 Å². The number of carbonyl (C=O) groups is 1. The van der Waals surface area contributed by atoms with Gasteiger partial charge in [-0.2, -0.15) is 0 Å². The molecule has 5 nitrogen and oxygen atoms in total. The number of hydrogen-bond donors (Lipinski definition) is 1. The zero-order chi connectivity index (χ0) is 25.8. The molecule has 184 valence electrons. The van der Waals surface area contributed by atoms with Crippen molar-refractivity contribution < 1.29 is 4.79 Å². The van der Waals surface area contributed by atoms with Crippen molar-refractivity contribution in [1.82, 2.24) is 14.8 Å². The van der Waals surface area contributed by atoms with Crippen LogP contribution in [0.5, 0.6) is 0 Å². The van der Waals surface area contributed by atoms with E-state index in [0.29, 0.717) is 21.0 Å². The van der Waals surface area contributed by atoms with Gasteiger partial charge in [-0.3, -0.25) is 9.36 Å². The van der Waals surface area contributed by atoms with E-state index < -0.39 is 0 Å². The first-order valence-electron chi connectivity index (χ1n) is 11.5. The van der Waals surface area contributed by atoms with E-state index in [-0.39, 0.29) is 11.7 Å². The minimum absolute atomic E-state index is 0.141. The maximum absolute atomic E-state index is 13.0. The Labute approximate surface area is 229 Å². The molecule has 0 aliphatic heterocycles. The van der Waals surface area contributed by atoms with Gasteiger partial charge in [-0.1, -0.05) is 89.6 Å². The Hall–Kier alpha value is -3.58. The highest BCUT2D eigenvalue weighted by molar-refractivity contribution is 7.99. The van der Waals surface area contributed by atoms with Crippen molar-refractivity contribution in [3.63, 3.8) is 0 Å². The third kappa shape index (κ3) is 5.72. The van der Waals surface area contributed by atoms with Crippen molar-refractivity contribution >= 4 is 46.6 Å². The zero-order valence-corrected chi connectivity index (χ0v) is 22.2. The first-order chi connectivity index (χ1) is 18.0. The smallest absolute Gasteiger partial charge is 0.234 e. The van der Waals surface area contributed by atoms with E-state index in [1.807, 2.05) is 109 Å². The first-order valence-corrected chi connectivity index (χ1v) is 13.3. The molecule has 0 bridgehead atoms. The van der Waals surface area contributed by atoms with Crippen LogP contribution in [0.3, 0.4) is 0 Å². The SMILES string of the molecule is Cc1ccc(-n2c(SCC(=O)Nc3ccccc3-c3ccccc3)nnc2-c2ccc(Cl)cc2)cc1Cl. The molecular weight excluding hydrogens is 523 g/mol. The van der Waals surface area contributed by atoms with Crippen LogP contribution in [0.1, 0.15) is 5.56 Å². The maximum Gasteiger partial charge on any atom is 0.234 e. The summed E-state index contributed by atoms with van der Waals surface area (Å²) in [7, 11) is 0. The van der Waals surface area contributed by atoms with Gasteiger partial charge in [0, 0.05) is 26.9 Å². The molecule has 1 aromatic heterocycles. The molecule has 0 spiro atoms. The van der Waals surface area contributed by atoms with Gasteiger partial charge in [0.15, 0.2) is 11.0 Å². The van der Waals surface area contributed by atoms with E-state index in [1.54, 1.807) is 0 Å². The van der Waals surface area contributed by atoms with Crippen molar-refractivity contribution in [3.8, 4) is 28.2 Å². The predicted molar refractivity (Wildman–Crippen MR) is 153 cm³/mol. The topological polar surface area (TPSA) is 59.8 Å². The summed E-state index contributed by atoms with van der Waals surface area (Å²) in [6.07, 6.45) is 0. The maximum atomic E-state index is 13.0. The van der Waals surface area contributed by atoms with E-state index in [0.717, 1.165) is 33.6 Å². The normalized spacial score (nSPS) is 10.9. The van der Waals surface area contributed by atoms with Crippen LogP contribution in [-0.4, -0.2) is 26.4 Å². The molecule has 0 saturated heterocycles. The number of anilines is 1. The van der Waals surface area contributed by atoms with Crippen molar-refractivity contribution in [2.24, 2.45) is 0 Å². The number of nitrogens with zero attached hydrogens (tertiary/aromatic N) is 3. The Morgan fingerprint density at radius 1 is 0.865 bits per heavy atom. The number of para-hydroxylation sites is 1. The molecule has 0 fully saturated rings. The number of amides is 1. The molecule has 0 atom stereocenters. The highest BCUT2D eigenvalue weighted by atomic mass is 35.5. The lowest BCUT2D eigenvalue weighted by atomic mass is 10.0. The second-order valence-electron chi connectivity index (χ2n) is 8.33. The quantitative estimate of drug-likeness (QED) is 0.211. The predicted octanol–water partition coefficient (Wildman–Crippen LogP) is 7.95. The number of benzene rings is 4. The van der Waals surface area contributed by atoms with E-state index in [9.17, 15) is 4.79 Å². The van der Waals surface area contributed by atoms with Gasteiger partial charge < -0.3 is 5.32 Å². The molecular formula is C29H22Cl2N4OS. The van der Waals surface area contributed by atoms with E-state index in [1.165, 1.54) is 11.8 Å². The van der Waals surface area contributed by atoms with Gasteiger partial charge >= 0.3 is 0 Å². The summed E-state index contributed by atoms with van der Waals surface area (Å²) in [6, 6.07) is 30.9. The van der Waals surface area contributed by atoms with Crippen molar-refractivity contribution in [2.45, 2.75) is 12.1 Å². The molecule has 5 rings (SSSR count). The third-order valence-corrected chi connectivity index (χ3v) is 7.36. The molecule has 0 aliphatic carbocycles. The lowest BCUT2D eigenvalue weighted by molar-refractivity contribution is -0.113. The Morgan fingerprint density at radius 2 is 1.59 bits per heavy atom. The summed E-state index contributed by atoms with van der Waals surface area (Å²) in [5.41, 5.74) is 5.38. The second-order valence-corrected chi connectivity index (χ2v) is 10.1. The second kappa shape index (κ2) is 11.2. The largest absolute Gasteiger partial charge is 0.325 e. The van der Waals surface area contributed by atoms with Gasteiger partial charge in [0.1, 0.15) is 0 Å². The van der Waals surface area contributed by atoms with Gasteiger partial charge in [-0.25, -0.2) is 0 Å². The summed E-state index contributed by atoms with van der Waals surface area (Å²) >= 11 is 13.8. The molecule has 1 heterocycles. The van der Waals surface area contributed by atoms with Gasteiger partial charge in [0.05, 0.1) is 11.4 Å². The van der Waals surface area contributed by atoms with Crippen LogP contribution in [0.15, 0.2) is 102 Å². The summed E-state index contributed by atoms with van der Waals surface area (Å²) < 4.78 is 1.91. The van der Waals surface area contributed by atoms with Gasteiger partial charge in [0.25, 0.3) is 0 Å². The highest BCUT2D eigenvalue weighted by Crippen LogP contribution is 2.31. The first kappa shape index (κ1) is 25.1. The molecule has 0 aliphatic rings. The van der Waals surface area contributed by atoms with Crippen molar-refractivity contribution in [1.29, 1.82) is 0 Å². The Morgan fingerprint density at radius 3 is 2.35 bits per heavy atom. The monoisotopic (exact) mass is 544 g/mol. The van der Waals surface area contributed by atoms with Gasteiger partial charge in [-0.05, 0) is 60.5 Å². The lowest BCUT2D eigenvalue weighted by Gasteiger charge is -2.13. The molecule has 5 aromatic rings. The standard InChI is InChI=1S/C29H22Cl2N4OS/c1-19-11-16-23(17-25(19)31)35-28(21-12-14-22(30)15-13-21)33-34-29(35)37-18-27(36)32-26-10-6-5-9-24(26)20-7-3-2-4-8-20/h2-17H,18H2,1H3,(H,32,36). The van der Waals surface area contributed by atoms with E-state index in [2.05, 4.69) is 15.5 Å². The van der Waals surface area contributed by atoms with Crippen LogP contribution >= 0.6 is 35.0 Å². The number of rotatable bonds is 7. The van der Waals surface area contributed by atoms with Gasteiger partial charge in [-0.15, -0.1) is 10.2 Å². The molecule has 0 saturated carbocycles. The Bertz CT molecular complexity index is 1550. The van der Waals surface area contributed by atoms with Crippen LogP contribution < -0.4 is 5.32 Å². The number of thioether (sulfide) groups is 1. The number of nitrogens with one attached hydrogen (secondary N) is 1. The average Bonchev–Trinajstić information content (AvgIpc) is 3.34. The molecule has 0 unspecified atom stereocenters. The number of halogens is 2. The molecule has 0 radical (unpaired) electrons. The summed E-state index contributed by atoms with van der Waals surface area (Å²) in [5.74, 6) is 0.647. The minimum atomic E-state index is -0.141. The van der Waals surface area contributed by atoms with Crippen LogP contribution in [0.2, 0.25) is 10.0 Å². The van der Waals surface area contributed by atoms with Gasteiger partial charge in [0.2, 0.25) is 5.91 Å².